The first-order valence-electron chi connectivity index (χ1n) is 8.33. The van der Waals surface area contributed by atoms with Gasteiger partial charge in [0, 0.05) is 24.2 Å². The molecule has 1 fully saturated rings. The largest absolute Gasteiger partial charge is 0.456 e. The van der Waals surface area contributed by atoms with Crippen LogP contribution < -0.4 is 10.6 Å². The number of amides is 2. The molecule has 1 aliphatic rings. The van der Waals surface area contributed by atoms with Gasteiger partial charge in [-0.2, -0.15) is 0 Å². The number of ether oxygens (including phenoxy) is 1. The topological polar surface area (TPSA) is 119 Å². The first-order chi connectivity index (χ1) is 12.3. The molecule has 1 aromatic rings. The molecule has 0 spiro atoms. The van der Waals surface area contributed by atoms with E-state index in [1.165, 1.54) is 6.07 Å². The van der Waals surface area contributed by atoms with Gasteiger partial charge >= 0.3 is 5.97 Å². The van der Waals surface area contributed by atoms with Crippen LogP contribution in [-0.2, 0) is 24.2 Å². The highest BCUT2D eigenvalue weighted by molar-refractivity contribution is 7.91. The molecule has 26 heavy (non-hydrogen) atoms. The fourth-order valence-electron chi connectivity index (χ4n) is 2.67. The lowest BCUT2D eigenvalue weighted by atomic mass is 10.1. The Morgan fingerprint density at radius 1 is 1.27 bits per heavy atom. The van der Waals surface area contributed by atoms with Crippen molar-refractivity contribution in [2.24, 2.45) is 5.92 Å². The molecule has 0 bridgehead atoms. The summed E-state index contributed by atoms with van der Waals surface area (Å²) in [5.41, 5.74) is 0.820. The zero-order valence-electron chi connectivity index (χ0n) is 14.5. The summed E-state index contributed by atoms with van der Waals surface area (Å²) in [5, 5.41) is 5.21. The minimum absolute atomic E-state index is 0.0130. The summed E-state index contributed by atoms with van der Waals surface area (Å²) in [6, 6.07) is 6.39. The van der Waals surface area contributed by atoms with E-state index in [0.717, 1.165) is 0 Å². The Kier molecular flexibility index (Phi) is 6.73. The van der Waals surface area contributed by atoms with Gasteiger partial charge in [-0.25, -0.2) is 8.42 Å². The SMILES string of the molecule is CCNC(=O)c1cccc(NC(=O)COC(=O)C[C@H]2CCS(=O)(=O)C2)c1. The van der Waals surface area contributed by atoms with Crippen molar-refractivity contribution in [3.63, 3.8) is 0 Å². The number of rotatable bonds is 7. The number of sulfone groups is 1. The van der Waals surface area contributed by atoms with Crippen LogP contribution in [0.1, 0.15) is 30.1 Å². The number of esters is 1. The minimum atomic E-state index is -3.05. The standard InChI is InChI=1S/C17H22N2O6S/c1-2-18-17(22)13-4-3-5-14(9-13)19-15(20)10-25-16(21)8-12-6-7-26(23,24)11-12/h3-5,9,12H,2,6-8,10-11H2,1H3,(H,18,22)(H,19,20)/t12-/m1/s1. The first-order valence-corrected chi connectivity index (χ1v) is 10.2. The van der Waals surface area contributed by atoms with Crippen LogP contribution in [0.25, 0.3) is 0 Å². The summed E-state index contributed by atoms with van der Waals surface area (Å²) in [5.74, 6) is -1.55. The van der Waals surface area contributed by atoms with Crippen molar-refractivity contribution in [3.8, 4) is 0 Å². The Bertz CT molecular complexity index is 790. The molecule has 0 radical (unpaired) electrons. The van der Waals surface area contributed by atoms with Crippen LogP contribution in [0.5, 0.6) is 0 Å². The maximum atomic E-state index is 11.9. The van der Waals surface area contributed by atoms with Crippen LogP contribution in [0.2, 0.25) is 0 Å². The predicted molar refractivity (Wildman–Crippen MR) is 95.4 cm³/mol. The molecule has 1 heterocycles. The molecule has 2 amide bonds. The summed E-state index contributed by atoms with van der Waals surface area (Å²) in [7, 11) is -3.05. The van der Waals surface area contributed by atoms with Crippen molar-refractivity contribution < 1.29 is 27.5 Å². The van der Waals surface area contributed by atoms with Gasteiger partial charge in [-0.1, -0.05) is 6.07 Å². The number of nitrogens with one attached hydrogen (secondary N) is 2. The lowest BCUT2D eigenvalue weighted by Crippen LogP contribution is -2.24. The highest BCUT2D eigenvalue weighted by Crippen LogP contribution is 2.21. The number of carbonyl (C=O) groups is 3. The summed E-state index contributed by atoms with van der Waals surface area (Å²) >= 11 is 0. The molecule has 1 saturated heterocycles. The summed E-state index contributed by atoms with van der Waals surface area (Å²) < 4.78 is 27.6. The molecule has 9 heteroatoms. The van der Waals surface area contributed by atoms with Gasteiger partial charge in [0.1, 0.15) is 0 Å². The quantitative estimate of drug-likeness (QED) is 0.672. The van der Waals surface area contributed by atoms with E-state index in [4.69, 9.17) is 4.74 Å². The Labute approximate surface area is 152 Å². The molecule has 2 rings (SSSR count). The first kappa shape index (κ1) is 19.9. The molecule has 1 aliphatic heterocycles. The van der Waals surface area contributed by atoms with E-state index in [0.29, 0.717) is 24.2 Å². The lowest BCUT2D eigenvalue weighted by Gasteiger charge is -2.09. The van der Waals surface area contributed by atoms with Crippen LogP contribution in [0.4, 0.5) is 5.69 Å². The third kappa shape index (κ3) is 6.14. The van der Waals surface area contributed by atoms with Crippen molar-refractivity contribution in [3.05, 3.63) is 29.8 Å². The molecule has 0 aromatic heterocycles. The van der Waals surface area contributed by atoms with E-state index >= 15 is 0 Å². The Hall–Kier alpha value is -2.42. The van der Waals surface area contributed by atoms with E-state index < -0.39 is 28.3 Å². The second-order valence-electron chi connectivity index (χ2n) is 6.12. The highest BCUT2D eigenvalue weighted by atomic mass is 32.2. The van der Waals surface area contributed by atoms with Gasteiger partial charge in [-0.15, -0.1) is 0 Å². The van der Waals surface area contributed by atoms with Gasteiger partial charge in [-0.3, -0.25) is 14.4 Å². The van der Waals surface area contributed by atoms with Crippen LogP contribution in [0, 0.1) is 5.92 Å². The zero-order chi connectivity index (χ0) is 19.2. The smallest absolute Gasteiger partial charge is 0.306 e. The van der Waals surface area contributed by atoms with Gasteiger partial charge in [0.15, 0.2) is 16.4 Å². The number of hydrogen-bond acceptors (Lipinski definition) is 6. The normalized spacial score (nSPS) is 18.1. The Morgan fingerprint density at radius 3 is 2.69 bits per heavy atom. The van der Waals surface area contributed by atoms with Gasteiger partial charge < -0.3 is 15.4 Å². The molecule has 0 saturated carbocycles. The lowest BCUT2D eigenvalue weighted by molar-refractivity contribution is -0.148. The van der Waals surface area contributed by atoms with Crippen LogP contribution in [0.3, 0.4) is 0 Å². The molecule has 2 N–H and O–H groups in total. The summed E-state index contributed by atoms with van der Waals surface area (Å²) in [6.45, 7) is 1.83. The summed E-state index contributed by atoms with van der Waals surface area (Å²) in [6.07, 6.45) is 0.426. The average Bonchev–Trinajstić information content (AvgIpc) is 2.92. The molecule has 0 unspecified atom stereocenters. The van der Waals surface area contributed by atoms with E-state index in [1.807, 2.05) is 0 Å². The molecule has 0 aliphatic carbocycles. The van der Waals surface area contributed by atoms with E-state index in [2.05, 4.69) is 10.6 Å². The van der Waals surface area contributed by atoms with Crippen LogP contribution in [0.15, 0.2) is 24.3 Å². The third-order valence-electron chi connectivity index (χ3n) is 3.89. The minimum Gasteiger partial charge on any atom is -0.456 e. The molecule has 8 nitrogen and oxygen atoms in total. The highest BCUT2D eigenvalue weighted by Gasteiger charge is 2.30. The van der Waals surface area contributed by atoms with Crippen LogP contribution >= 0.6 is 0 Å². The second kappa shape index (κ2) is 8.79. The fraction of sp³-hybridized carbons (Fsp3) is 0.471. The number of anilines is 1. The third-order valence-corrected chi connectivity index (χ3v) is 5.73. The van der Waals surface area contributed by atoms with Crippen molar-refractivity contribution >= 4 is 33.3 Å². The molecular formula is C17H22N2O6S. The monoisotopic (exact) mass is 382 g/mol. The number of hydrogen-bond donors (Lipinski definition) is 2. The second-order valence-corrected chi connectivity index (χ2v) is 8.35. The maximum absolute atomic E-state index is 11.9. The van der Waals surface area contributed by atoms with Crippen LogP contribution in [-0.4, -0.2) is 50.9 Å². The average molecular weight is 382 g/mol. The molecular weight excluding hydrogens is 360 g/mol. The number of carbonyl (C=O) groups excluding carboxylic acids is 3. The van der Waals surface area contributed by atoms with Gasteiger partial charge in [0.05, 0.1) is 11.5 Å². The molecule has 1 aromatic carbocycles. The van der Waals surface area contributed by atoms with Crippen molar-refractivity contribution in [2.45, 2.75) is 19.8 Å². The van der Waals surface area contributed by atoms with E-state index in [9.17, 15) is 22.8 Å². The predicted octanol–water partition coefficient (Wildman–Crippen LogP) is 0.743. The van der Waals surface area contributed by atoms with Gasteiger partial charge in [0.2, 0.25) is 0 Å². The Morgan fingerprint density at radius 2 is 2.04 bits per heavy atom. The van der Waals surface area contributed by atoms with Gasteiger partial charge in [-0.05, 0) is 37.5 Å². The van der Waals surface area contributed by atoms with Crippen molar-refractivity contribution in [2.75, 3.05) is 30.0 Å². The summed E-state index contributed by atoms with van der Waals surface area (Å²) in [4.78, 5) is 35.4. The maximum Gasteiger partial charge on any atom is 0.306 e. The van der Waals surface area contributed by atoms with Gasteiger partial charge in [0.25, 0.3) is 11.8 Å². The van der Waals surface area contributed by atoms with E-state index in [-0.39, 0.29) is 29.8 Å². The molecule has 1 atom stereocenters. The van der Waals surface area contributed by atoms with E-state index in [1.54, 1.807) is 25.1 Å². The fourth-order valence-corrected chi connectivity index (χ4v) is 4.53. The molecule has 142 valence electrons. The Balaban J connectivity index is 1.79. The van der Waals surface area contributed by atoms with Crippen molar-refractivity contribution in [1.29, 1.82) is 0 Å². The number of benzene rings is 1. The van der Waals surface area contributed by atoms with Crippen molar-refractivity contribution in [1.82, 2.24) is 5.32 Å². The zero-order valence-corrected chi connectivity index (χ0v) is 15.3.